The zero-order valence-corrected chi connectivity index (χ0v) is 23.0. The van der Waals surface area contributed by atoms with Crippen molar-refractivity contribution in [1.82, 2.24) is 5.32 Å². The summed E-state index contributed by atoms with van der Waals surface area (Å²) in [6.45, 7) is 12.2. The molecule has 6 atom stereocenters. The first-order chi connectivity index (χ1) is 17.1. The molecule has 0 radical (unpaired) electrons. The topological polar surface area (TPSA) is 92.0 Å². The second kappa shape index (κ2) is 11.1. The van der Waals surface area contributed by atoms with Gasteiger partial charge in [-0.2, -0.15) is 0 Å². The Balaban J connectivity index is 1.60. The molecule has 1 unspecified atom stereocenters. The molecule has 2 aliphatic heterocycles. The van der Waals surface area contributed by atoms with Crippen LogP contribution in [0, 0.1) is 5.92 Å². The normalized spacial score (nSPS) is 28.6. The van der Waals surface area contributed by atoms with Crippen LogP contribution in [0.25, 0.3) is 0 Å². The van der Waals surface area contributed by atoms with Crippen LogP contribution < -0.4 is 11.1 Å². The van der Waals surface area contributed by atoms with Crippen LogP contribution in [0.1, 0.15) is 31.9 Å². The van der Waals surface area contributed by atoms with Gasteiger partial charge in [-0.1, -0.05) is 81.4 Å². The number of rotatable bonds is 9. The SMILES string of the molecule is CC(C)(C)[Si](C)(C)OC[C@H]1O[C@@H]2NC(=O)C(N)[C@@H]2[C@@H](OCc2ccccc2)[C@@H]1OCc1ccccc1. The van der Waals surface area contributed by atoms with E-state index in [1.807, 2.05) is 60.7 Å². The molecule has 0 aliphatic carbocycles. The van der Waals surface area contributed by atoms with Crippen molar-refractivity contribution in [2.24, 2.45) is 11.7 Å². The third-order valence-corrected chi connectivity index (χ3v) is 12.2. The summed E-state index contributed by atoms with van der Waals surface area (Å²) < 4.78 is 26.0. The van der Waals surface area contributed by atoms with Gasteiger partial charge in [0.1, 0.15) is 18.4 Å². The molecule has 196 valence electrons. The Morgan fingerprint density at radius 3 is 1.97 bits per heavy atom. The summed E-state index contributed by atoms with van der Waals surface area (Å²) in [4.78, 5) is 12.6. The molecule has 2 saturated heterocycles. The molecule has 0 bridgehead atoms. The maximum Gasteiger partial charge on any atom is 0.239 e. The molecular weight excluding hydrogens is 472 g/mol. The van der Waals surface area contributed by atoms with Gasteiger partial charge in [0.05, 0.1) is 37.9 Å². The van der Waals surface area contributed by atoms with Crippen LogP contribution >= 0.6 is 0 Å². The van der Waals surface area contributed by atoms with Crippen LogP contribution in [-0.4, -0.2) is 51.4 Å². The van der Waals surface area contributed by atoms with Crippen LogP contribution in [0.3, 0.4) is 0 Å². The van der Waals surface area contributed by atoms with Crippen molar-refractivity contribution < 1.29 is 23.4 Å². The minimum Gasteiger partial charge on any atom is -0.414 e. The molecule has 2 aromatic carbocycles. The summed E-state index contributed by atoms with van der Waals surface area (Å²) in [5.41, 5.74) is 8.45. The highest BCUT2D eigenvalue weighted by Gasteiger charge is 2.55. The zero-order chi connectivity index (χ0) is 25.9. The number of nitrogens with one attached hydrogen (secondary N) is 1. The first-order valence-corrected chi connectivity index (χ1v) is 15.6. The van der Waals surface area contributed by atoms with Gasteiger partial charge in [-0.3, -0.25) is 4.79 Å². The average molecular weight is 513 g/mol. The van der Waals surface area contributed by atoms with Crippen molar-refractivity contribution in [3.8, 4) is 0 Å². The van der Waals surface area contributed by atoms with Crippen LogP contribution in [0.4, 0.5) is 0 Å². The monoisotopic (exact) mass is 512 g/mol. The third-order valence-electron chi connectivity index (χ3n) is 7.73. The van der Waals surface area contributed by atoms with Crippen molar-refractivity contribution in [1.29, 1.82) is 0 Å². The van der Waals surface area contributed by atoms with Gasteiger partial charge in [-0.05, 0) is 29.3 Å². The van der Waals surface area contributed by atoms with Gasteiger partial charge in [0.15, 0.2) is 8.32 Å². The van der Waals surface area contributed by atoms with Gasteiger partial charge in [0.2, 0.25) is 5.91 Å². The first-order valence-electron chi connectivity index (χ1n) is 12.7. The first kappa shape index (κ1) is 27.0. The van der Waals surface area contributed by atoms with E-state index in [9.17, 15) is 4.79 Å². The molecular formula is C28H40N2O5Si. The molecule has 2 fully saturated rings. The maximum atomic E-state index is 12.6. The lowest BCUT2D eigenvalue weighted by Crippen LogP contribution is -2.61. The van der Waals surface area contributed by atoms with Crippen molar-refractivity contribution in [2.45, 2.75) is 82.7 Å². The highest BCUT2D eigenvalue weighted by atomic mass is 28.4. The van der Waals surface area contributed by atoms with Gasteiger partial charge >= 0.3 is 0 Å². The lowest BCUT2D eigenvalue weighted by atomic mass is 9.86. The summed E-state index contributed by atoms with van der Waals surface area (Å²) in [6.07, 6.45) is -1.87. The van der Waals surface area contributed by atoms with E-state index in [0.717, 1.165) is 11.1 Å². The van der Waals surface area contributed by atoms with E-state index < -0.39 is 38.9 Å². The Morgan fingerprint density at radius 1 is 0.917 bits per heavy atom. The minimum atomic E-state index is -2.05. The van der Waals surface area contributed by atoms with Gasteiger partial charge in [-0.25, -0.2) is 0 Å². The number of amides is 1. The number of benzene rings is 2. The number of carbonyl (C=O) groups is 1. The molecule has 7 nitrogen and oxygen atoms in total. The average Bonchev–Trinajstić information content (AvgIpc) is 3.13. The Morgan fingerprint density at radius 2 is 1.44 bits per heavy atom. The van der Waals surface area contributed by atoms with E-state index in [-0.39, 0.29) is 16.9 Å². The van der Waals surface area contributed by atoms with E-state index in [4.69, 9.17) is 24.4 Å². The summed E-state index contributed by atoms with van der Waals surface area (Å²) in [7, 11) is -2.05. The van der Waals surface area contributed by atoms with E-state index in [1.165, 1.54) is 0 Å². The number of carbonyl (C=O) groups excluding carboxylic acids is 1. The molecule has 2 heterocycles. The molecule has 0 saturated carbocycles. The standard InChI is InChI=1S/C28H40N2O5Si/c1-28(2,3)36(4,5)34-18-21-24(32-16-19-12-8-6-9-13-19)25(33-17-20-14-10-7-11-15-20)22-23(29)26(31)30-27(22)35-21/h6-15,21-25,27H,16-18,29H2,1-5H3,(H,30,31)/t21-,22-,23?,24-,25-,27+/m1/s1. The highest BCUT2D eigenvalue weighted by Crippen LogP contribution is 2.39. The summed E-state index contributed by atoms with van der Waals surface area (Å²) in [6, 6.07) is 19.3. The Hall–Kier alpha value is -2.07. The van der Waals surface area contributed by atoms with E-state index in [0.29, 0.717) is 19.8 Å². The number of hydrogen-bond donors (Lipinski definition) is 2. The predicted molar refractivity (Wildman–Crippen MR) is 141 cm³/mol. The number of fused-ring (bicyclic) bond motifs is 1. The van der Waals surface area contributed by atoms with Crippen molar-refractivity contribution in [3.05, 3.63) is 71.8 Å². The van der Waals surface area contributed by atoms with Gasteiger partial charge in [0.25, 0.3) is 0 Å². The van der Waals surface area contributed by atoms with Crippen molar-refractivity contribution >= 4 is 14.2 Å². The fraction of sp³-hybridized carbons (Fsp3) is 0.536. The van der Waals surface area contributed by atoms with Crippen molar-refractivity contribution in [3.63, 3.8) is 0 Å². The van der Waals surface area contributed by atoms with Crippen LogP contribution in [0.2, 0.25) is 18.1 Å². The summed E-state index contributed by atoms with van der Waals surface area (Å²) in [5.74, 6) is -0.600. The second-order valence-electron chi connectivity index (χ2n) is 11.3. The third kappa shape index (κ3) is 6.07. The fourth-order valence-electron chi connectivity index (χ4n) is 4.48. The van der Waals surface area contributed by atoms with Gasteiger partial charge in [0, 0.05) is 0 Å². The van der Waals surface area contributed by atoms with E-state index in [2.05, 4.69) is 39.2 Å². The molecule has 1 amide bonds. The van der Waals surface area contributed by atoms with Gasteiger partial charge in [-0.15, -0.1) is 0 Å². The Bertz CT molecular complexity index is 998. The lowest BCUT2D eigenvalue weighted by molar-refractivity contribution is -0.239. The fourth-order valence-corrected chi connectivity index (χ4v) is 5.49. The van der Waals surface area contributed by atoms with Crippen LogP contribution in [0.15, 0.2) is 60.7 Å². The van der Waals surface area contributed by atoms with Crippen LogP contribution in [-0.2, 0) is 36.6 Å². The molecule has 8 heteroatoms. The highest BCUT2D eigenvalue weighted by molar-refractivity contribution is 6.74. The molecule has 2 aliphatic rings. The smallest absolute Gasteiger partial charge is 0.239 e. The Labute approximate surface area is 215 Å². The quantitative estimate of drug-likeness (QED) is 0.494. The van der Waals surface area contributed by atoms with Crippen LogP contribution in [0.5, 0.6) is 0 Å². The number of nitrogens with two attached hydrogens (primary N) is 1. The van der Waals surface area contributed by atoms with E-state index in [1.54, 1.807) is 0 Å². The number of ether oxygens (including phenoxy) is 3. The predicted octanol–water partition coefficient (Wildman–Crippen LogP) is 3.98. The largest absolute Gasteiger partial charge is 0.414 e. The van der Waals surface area contributed by atoms with Crippen molar-refractivity contribution in [2.75, 3.05) is 6.61 Å². The zero-order valence-electron chi connectivity index (χ0n) is 22.0. The van der Waals surface area contributed by atoms with E-state index >= 15 is 0 Å². The second-order valence-corrected chi connectivity index (χ2v) is 16.1. The maximum absolute atomic E-state index is 12.6. The molecule has 2 aromatic rings. The minimum absolute atomic E-state index is 0.0533. The summed E-state index contributed by atoms with van der Waals surface area (Å²) in [5, 5.41) is 2.97. The lowest BCUT2D eigenvalue weighted by Gasteiger charge is -2.46. The van der Waals surface area contributed by atoms with Gasteiger partial charge < -0.3 is 29.7 Å². The molecule has 3 N–H and O–H groups in total. The molecule has 4 rings (SSSR count). The summed E-state index contributed by atoms with van der Waals surface area (Å²) >= 11 is 0. The molecule has 0 aromatic heterocycles. The number of hydrogen-bond acceptors (Lipinski definition) is 6. The molecule has 0 spiro atoms. The Kier molecular flexibility index (Phi) is 8.34. The molecule has 36 heavy (non-hydrogen) atoms.